The van der Waals surface area contributed by atoms with Crippen LogP contribution >= 0.6 is 0 Å². The number of benzene rings is 1. The van der Waals surface area contributed by atoms with Gasteiger partial charge in [0, 0.05) is 0 Å². The van der Waals surface area contributed by atoms with Gasteiger partial charge in [-0.3, -0.25) is 4.18 Å². The van der Waals surface area contributed by atoms with E-state index in [1.807, 2.05) is 6.92 Å². The van der Waals surface area contributed by atoms with Crippen LogP contribution in [0.5, 0.6) is 0 Å². The van der Waals surface area contributed by atoms with Crippen molar-refractivity contribution in [1.29, 1.82) is 0 Å². The molecule has 100 valence electrons. The Hall–Kier alpha value is -1.01. The van der Waals surface area contributed by atoms with Gasteiger partial charge in [0.15, 0.2) is 0 Å². The molecule has 0 bridgehead atoms. The van der Waals surface area contributed by atoms with Gasteiger partial charge >= 0.3 is 0 Å². The summed E-state index contributed by atoms with van der Waals surface area (Å²) in [6, 6.07) is 6.09. The van der Waals surface area contributed by atoms with Crippen molar-refractivity contribution in [2.45, 2.75) is 31.1 Å². The first-order chi connectivity index (χ1) is 8.36. The van der Waals surface area contributed by atoms with Crippen molar-refractivity contribution in [3.8, 4) is 0 Å². The van der Waals surface area contributed by atoms with E-state index < -0.39 is 28.6 Å². The molecule has 0 N–H and O–H groups in total. The maximum absolute atomic E-state index is 12.6. The van der Waals surface area contributed by atoms with E-state index >= 15 is 0 Å². The lowest BCUT2D eigenvalue weighted by molar-refractivity contribution is 0.0333. The molecule has 1 aliphatic carbocycles. The zero-order chi connectivity index (χ0) is 13.4. The Bertz CT molecular complexity index is 519. The van der Waals surface area contributed by atoms with Gasteiger partial charge in [-0.05, 0) is 31.9 Å². The number of aryl methyl sites for hydroxylation is 1. The summed E-state index contributed by atoms with van der Waals surface area (Å²) in [6.07, 6.45) is -1.91. The third-order valence-electron chi connectivity index (χ3n) is 3.17. The van der Waals surface area contributed by atoms with E-state index in [0.29, 0.717) is 12.8 Å². The van der Waals surface area contributed by atoms with Crippen molar-refractivity contribution in [1.82, 2.24) is 0 Å². The molecule has 0 aromatic heterocycles. The van der Waals surface area contributed by atoms with Crippen LogP contribution in [0.4, 0.5) is 8.78 Å². The second kappa shape index (κ2) is 4.59. The topological polar surface area (TPSA) is 43.4 Å². The maximum Gasteiger partial charge on any atom is 0.296 e. The molecule has 1 aromatic rings. The molecule has 0 heterocycles. The van der Waals surface area contributed by atoms with Gasteiger partial charge in [-0.15, -0.1) is 0 Å². The Labute approximate surface area is 105 Å². The Kier molecular flexibility index (Phi) is 3.42. The highest BCUT2D eigenvalue weighted by Gasteiger charge is 2.52. The van der Waals surface area contributed by atoms with Gasteiger partial charge in [0.1, 0.15) is 0 Å². The maximum atomic E-state index is 12.6. The summed E-state index contributed by atoms with van der Waals surface area (Å²) in [5.41, 5.74) is -0.335. The number of rotatable bonds is 5. The Morgan fingerprint density at radius 3 is 2.28 bits per heavy atom. The second-order valence-corrected chi connectivity index (χ2v) is 6.31. The molecule has 0 amide bonds. The van der Waals surface area contributed by atoms with E-state index in [9.17, 15) is 17.2 Å². The highest BCUT2D eigenvalue weighted by Crippen LogP contribution is 2.51. The Morgan fingerprint density at radius 1 is 1.28 bits per heavy atom. The van der Waals surface area contributed by atoms with Crippen LogP contribution in [0.3, 0.4) is 0 Å². The molecular formula is C12H14F2O3S. The van der Waals surface area contributed by atoms with Crippen molar-refractivity contribution in [3.05, 3.63) is 29.8 Å². The lowest BCUT2D eigenvalue weighted by Gasteiger charge is -2.14. The highest BCUT2D eigenvalue weighted by atomic mass is 32.2. The molecule has 0 aliphatic heterocycles. The number of halogens is 2. The molecule has 3 nitrogen and oxygen atoms in total. The number of hydrogen-bond donors (Lipinski definition) is 0. The van der Waals surface area contributed by atoms with Gasteiger partial charge < -0.3 is 0 Å². The first kappa shape index (κ1) is 13.4. The molecule has 1 fully saturated rings. The Morgan fingerprint density at radius 2 is 1.83 bits per heavy atom. The molecule has 2 rings (SSSR count). The molecule has 0 atom stereocenters. The molecule has 6 heteroatoms. The zero-order valence-corrected chi connectivity index (χ0v) is 10.7. The Balaban J connectivity index is 2.06. The molecule has 0 radical (unpaired) electrons. The molecular weight excluding hydrogens is 262 g/mol. The van der Waals surface area contributed by atoms with Crippen LogP contribution in [0.1, 0.15) is 18.4 Å². The van der Waals surface area contributed by atoms with Crippen LogP contribution in [0.25, 0.3) is 0 Å². The van der Waals surface area contributed by atoms with Crippen LogP contribution in [0, 0.1) is 12.3 Å². The fraction of sp³-hybridized carbons (Fsp3) is 0.500. The highest BCUT2D eigenvalue weighted by molar-refractivity contribution is 7.86. The third kappa shape index (κ3) is 2.70. The summed E-state index contributed by atoms with van der Waals surface area (Å²) in [5, 5.41) is 0. The predicted molar refractivity (Wildman–Crippen MR) is 62.0 cm³/mol. The van der Waals surface area contributed by atoms with E-state index in [1.54, 1.807) is 12.1 Å². The molecule has 1 aliphatic rings. The summed E-state index contributed by atoms with van der Waals surface area (Å²) in [4.78, 5) is -0.00170. The minimum atomic E-state index is -3.94. The molecule has 0 spiro atoms. The van der Waals surface area contributed by atoms with Crippen LogP contribution in [0.15, 0.2) is 29.2 Å². The zero-order valence-electron chi connectivity index (χ0n) is 9.90. The van der Waals surface area contributed by atoms with Gasteiger partial charge in [-0.1, -0.05) is 17.7 Å². The smallest absolute Gasteiger partial charge is 0.266 e. The molecule has 0 unspecified atom stereocenters. The van der Waals surface area contributed by atoms with Gasteiger partial charge in [0.05, 0.1) is 16.9 Å². The van der Waals surface area contributed by atoms with Gasteiger partial charge in [0.2, 0.25) is 6.43 Å². The van der Waals surface area contributed by atoms with Crippen molar-refractivity contribution in [2.24, 2.45) is 5.41 Å². The summed E-state index contributed by atoms with van der Waals surface area (Å²) >= 11 is 0. The molecule has 1 saturated carbocycles. The van der Waals surface area contributed by atoms with Crippen LogP contribution in [-0.4, -0.2) is 21.5 Å². The fourth-order valence-electron chi connectivity index (χ4n) is 1.55. The van der Waals surface area contributed by atoms with E-state index in [-0.39, 0.29) is 4.90 Å². The fourth-order valence-corrected chi connectivity index (χ4v) is 2.55. The van der Waals surface area contributed by atoms with Gasteiger partial charge in [-0.25, -0.2) is 8.78 Å². The summed E-state index contributed by atoms with van der Waals surface area (Å²) < 4.78 is 53.5. The minimum Gasteiger partial charge on any atom is -0.266 e. The van der Waals surface area contributed by atoms with Gasteiger partial charge in [0.25, 0.3) is 10.1 Å². The first-order valence-electron chi connectivity index (χ1n) is 5.60. The normalized spacial score (nSPS) is 18.0. The predicted octanol–water partition coefficient (Wildman–Crippen LogP) is 2.75. The van der Waals surface area contributed by atoms with Crippen molar-refractivity contribution in [2.75, 3.05) is 6.61 Å². The van der Waals surface area contributed by atoms with E-state index in [1.165, 1.54) is 12.1 Å². The summed E-state index contributed by atoms with van der Waals surface area (Å²) in [7, 11) is -3.94. The molecule has 18 heavy (non-hydrogen) atoms. The SMILES string of the molecule is Cc1ccc(S(=O)(=O)OCC2(C(F)F)CC2)cc1. The van der Waals surface area contributed by atoms with E-state index in [4.69, 9.17) is 4.18 Å². The van der Waals surface area contributed by atoms with Crippen LogP contribution in [-0.2, 0) is 14.3 Å². The first-order valence-corrected chi connectivity index (χ1v) is 7.01. The average Bonchev–Trinajstić information content (AvgIpc) is 3.08. The summed E-state index contributed by atoms with van der Waals surface area (Å²) in [6.45, 7) is 1.38. The third-order valence-corrected chi connectivity index (χ3v) is 4.44. The lowest BCUT2D eigenvalue weighted by atomic mass is 10.1. The van der Waals surface area contributed by atoms with Crippen molar-refractivity contribution >= 4 is 10.1 Å². The standard InChI is InChI=1S/C12H14F2O3S/c1-9-2-4-10(5-3-9)18(15,16)17-8-12(6-7-12)11(13)14/h2-5,11H,6-8H2,1H3. The quantitative estimate of drug-likeness (QED) is 0.777. The van der Waals surface area contributed by atoms with Crippen molar-refractivity contribution in [3.63, 3.8) is 0 Å². The lowest BCUT2D eigenvalue weighted by Crippen LogP contribution is -2.22. The van der Waals surface area contributed by atoms with Crippen molar-refractivity contribution < 1.29 is 21.4 Å². The largest absolute Gasteiger partial charge is 0.296 e. The monoisotopic (exact) mass is 276 g/mol. The average molecular weight is 276 g/mol. The van der Waals surface area contributed by atoms with E-state index in [2.05, 4.69) is 0 Å². The number of alkyl halides is 2. The second-order valence-electron chi connectivity index (χ2n) is 4.69. The van der Waals surface area contributed by atoms with Crippen LogP contribution in [0.2, 0.25) is 0 Å². The molecule has 0 saturated heterocycles. The number of hydrogen-bond acceptors (Lipinski definition) is 3. The molecule has 1 aromatic carbocycles. The summed E-state index contributed by atoms with van der Waals surface area (Å²) in [5.74, 6) is 0. The van der Waals surface area contributed by atoms with Crippen LogP contribution < -0.4 is 0 Å². The van der Waals surface area contributed by atoms with E-state index in [0.717, 1.165) is 5.56 Å². The minimum absolute atomic E-state index is 0.00170. The van der Waals surface area contributed by atoms with Gasteiger partial charge in [-0.2, -0.15) is 8.42 Å².